The minimum Gasteiger partial charge on any atom is -0.207 e. The molecule has 0 unspecified atom stereocenters. The summed E-state index contributed by atoms with van der Waals surface area (Å²) in [5.74, 6) is -0.163. The molecule has 0 radical (unpaired) electrons. The zero-order chi connectivity index (χ0) is 10.7. The molecule has 0 bridgehead atoms. The predicted molar refractivity (Wildman–Crippen MR) is 59.4 cm³/mol. The first-order valence-electron chi connectivity index (χ1n) is 4.84. The van der Waals surface area contributed by atoms with E-state index in [-0.39, 0.29) is 5.83 Å². The fourth-order valence-corrected chi connectivity index (χ4v) is 0.592. The van der Waals surface area contributed by atoms with E-state index in [1.165, 1.54) is 6.08 Å². The van der Waals surface area contributed by atoms with E-state index in [9.17, 15) is 4.39 Å². The molecular weight excluding hydrogens is 163 g/mol. The second-order valence-corrected chi connectivity index (χ2v) is 2.46. The normalized spacial score (nSPS) is 11.8. The molecule has 0 heterocycles. The van der Waals surface area contributed by atoms with Crippen molar-refractivity contribution < 1.29 is 4.39 Å². The number of hydrogen-bond donors (Lipinski definition) is 0. The van der Waals surface area contributed by atoms with Gasteiger partial charge in [0.2, 0.25) is 0 Å². The number of hydrogen-bond acceptors (Lipinski definition) is 0. The molecule has 0 spiro atoms. The third-order valence-corrected chi connectivity index (χ3v) is 1.42. The molecule has 0 aliphatic rings. The van der Waals surface area contributed by atoms with Gasteiger partial charge in [-0.1, -0.05) is 32.4 Å². The van der Waals surface area contributed by atoms with Crippen LogP contribution in [0.15, 0.2) is 36.2 Å². The maximum absolute atomic E-state index is 12.8. The van der Waals surface area contributed by atoms with E-state index in [1.807, 2.05) is 27.7 Å². The summed E-state index contributed by atoms with van der Waals surface area (Å²) in [4.78, 5) is 0. The van der Waals surface area contributed by atoms with Crippen LogP contribution in [0.25, 0.3) is 0 Å². The third kappa shape index (κ3) is 11.1. The van der Waals surface area contributed by atoms with Crippen LogP contribution in [0.2, 0.25) is 0 Å². The van der Waals surface area contributed by atoms with Crippen molar-refractivity contribution >= 4 is 0 Å². The van der Waals surface area contributed by atoms with Gasteiger partial charge in [-0.25, -0.2) is 4.39 Å². The molecule has 76 valence electrons. The smallest absolute Gasteiger partial charge is 0.119 e. The highest BCUT2D eigenvalue weighted by molar-refractivity contribution is 5.16. The first-order chi connectivity index (χ1) is 6.20. The fourth-order valence-electron chi connectivity index (χ4n) is 0.592. The molecule has 0 aromatic heterocycles. The fraction of sp³-hybridized carbons (Fsp3) is 0.500. The highest BCUT2D eigenvalue weighted by Crippen LogP contribution is 2.07. The maximum Gasteiger partial charge on any atom is 0.119 e. The third-order valence-electron chi connectivity index (χ3n) is 1.42. The lowest BCUT2D eigenvalue weighted by Gasteiger charge is -1.92. The molecule has 0 fully saturated rings. The Bertz CT molecular complexity index is 176. The van der Waals surface area contributed by atoms with Gasteiger partial charge in [0.05, 0.1) is 0 Å². The molecule has 0 saturated heterocycles. The number of rotatable bonds is 4. The highest BCUT2D eigenvalue weighted by atomic mass is 19.1. The zero-order valence-corrected chi connectivity index (χ0v) is 9.23. The van der Waals surface area contributed by atoms with Crippen molar-refractivity contribution in [3.8, 4) is 0 Å². The Balaban J connectivity index is 0. The lowest BCUT2D eigenvalue weighted by atomic mass is 10.2. The van der Waals surface area contributed by atoms with Gasteiger partial charge >= 0.3 is 0 Å². The molecule has 0 saturated carbocycles. The average molecular weight is 184 g/mol. The Morgan fingerprint density at radius 3 is 2.31 bits per heavy atom. The first-order valence-corrected chi connectivity index (χ1v) is 4.84. The molecule has 1 heteroatoms. The van der Waals surface area contributed by atoms with Gasteiger partial charge < -0.3 is 0 Å². The Morgan fingerprint density at radius 2 is 1.92 bits per heavy atom. The van der Waals surface area contributed by atoms with Crippen molar-refractivity contribution in [3.63, 3.8) is 0 Å². The molecule has 0 rings (SSSR count). The number of halogens is 1. The SMILES string of the molecule is C=CC/C=C(F)\C=C(/C)CC.CC. The first kappa shape index (κ1) is 14.7. The largest absolute Gasteiger partial charge is 0.207 e. The Hall–Kier alpha value is -0.850. The molecule has 0 aromatic rings. The molecule has 13 heavy (non-hydrogen) atoms. The van der Waals surface area contributed by atoms with Crippen LogP contribution in [-0.4, -0.2) is 0 Å². The van der Waals surface area contributed by atoms with Crippen LogP contribution in [-0.2, 0) is 0 Å². The second-order valence-electron chi connectivity index (χ2n) is 2.46. The van der Waals surface area contributed by atoms with Crippen molar-refractivity contribution in [1.29, 1.82) is 0 Å². The predicted octanol–water partition coefficient (Wildman–Crippen LogP) is 4.80. The van der Waals surface area contributed by atoms with Crippen molar-refractivity contribution in [2.75, 3.05) is 0 Å². The molecule has 0 atom stereocenters. The molecule has 0 aliphatic carbocycles. The van der Waals surface area contributed by atoms with Crippen LogP contribution in [0.5, 0.6) is 0 Å². The van der Waals surface area contributed by atoms with Crippen LogP contribution >= 0.6 is 0 Å². The lowest BCUT2D eigenvalue weighted by molar-refractivity contribution is 0.660. The van der Waals surface area contributed by atoms with E-state index in [0.717, 1.165) is 12.0 Å². The van der Waals surface area contributed by atoms with Gasteiger partial charge in [0.25, 0.3) is 0 Å². The highest BCUT2D eigenvalue weighted by Gasteiger charge is 1.88. The summed E-state index contributed by atoms with van der Waals surface area (Å²) in [6.07, 6.45) is 6.25. The summed E-state index contributed by atoms with van der Waals surface area (Å²) in [6.45, 7) is 11.4. The van der Waals surface area contributed by atoms with Gasteiger partial charge in [-0.05, 0) is 31.9 Å². The average Bonchev–Trinajstić information content (AvgIpc) is 2.17. The number of allylic oxidation sites excluding steroid dienone is 5. The van der Waals surface area contributed by atoms with E-state index in [2.05, 4.69) is 6.58 Å². The quantitative estimate of drug-likeness (QED) is 0.435. The molecule has 0 N–H and O–H groups in total. The van der Waals surface area contributed by atoms with Crippen LogP contribution in [0.1, 0.15) is 40.5 Å². The van der Waals surface area contributed by atoms with Crippen molar-refractivity contribution in [1.82, 2.24) is 0 Å². The Morgan fingerprint density at radius 1 is 1.38 bits per heavy atom. The monoisotopic (exact) mass is 184 g/mol. The lowest BCUT2D eigenvalue weighted by Crippen LogP contribution is -1.73. The summed E-state index contributed by atoms with van der Waals surface area (Å²) >= 11 is 0. The summed E-state index contributed by atoms with van der Waals surface area (Å²) < 4.78 is 12.8. The Labute approximate surface area is 81.9 Å². The minimum atomic E-state index is -0.163. The van der Waals surface area contributed by atoms with Crippen LogP contribution in [0, 0.1) is 0 Å². The van der Waals surface area contributed by atoms with Gasteiger partial charge in [-0.15, -0.1) is 6.58 Å². The standard InChI is InChI=1S/C10H15F.C2H6/c1-4-6-7-10(11)8-9(3)5-2;1-2/h4,7-8H,1,5-6H2,2-3H3;1-2H3/b9-8+,10-7+;. The van der Waals surface area contributed by atoms with Crippen molar-refractivity contribution in [2.45, 2.75) is 40.5 Å². The van der Waals surface area contributed by atoms with Crippen LogP contribution < -0.4 is 0 Å². The van der Waals surface area contributed by atoms with Gasteiger partial charge in [-0.3, -0.25) is 0 Å². The van der Waals surface area contributed by atoms with Gasteiger partial charge in [0, 0.05) is 0 Å². The van der Waals surface area contributed by atoms with E-state index in [0.29, 0.717) is 6.42 Å². The summed E-state index contributed by atoms with van der Waals surface area (Å²) in [5.41, 5.74) is 1.06. The second kappa shape index (κ2) is 11.2. The van der Waals surface area contributed by atoms with E-state index in [4.69, 9.17) is 0 Å². The van der Waals surface area contributed by atoms with Crippen LogP contribution in [0.4, 0.5) is 4.39 Å². The van der Waals surface area contributed by atoms with E-state index >= 15 is 0 Å². The molecular formula is C12H21F. The summed E-state index contributed by atoms with van der Waals surface area (Å²) in [7, 11) is 0. The summed E-state index contributed by atoms with van der Waals surface area (Å²) in [5, 5.41) is 0. The minimum absolute atomic E-state index is 0.163. The Kier molecular flexibility index (Phi) is 12.6. The molecule has 0 aromatic carbocycles. The van der Waals surface area contributed by atoms with E-state index in [1.54, 1.807) is 12.2 Å². The van der Waals surface area contributed by atoms with Gasteiger partial charge in [0.15, 0.2) is 0 Å². The van der Waals surface area contributed by atoms with Gasteiger partial charge in [-0.2, -0.15) is 0 Å². The topological polar surface area (TPSA) is 0 Å². The molecule has 0 nitrogen and oxygen atoms in total. The maximum atomic E-state index is 12.8. The van der Waals surface area contributed by atoms with Crippen molar-refractivity contribution in [2.24, 2.45) is 0 Å². The van der Waals surface area contributed by atoms with Crippen molar-refractivity contribution in [3.05, 3.63) is 36.2 Å². The van der Waals surface area contributed by atoms with Crippen LogP contribution in [0.3, 0.4) is 0 Å². The molecule has 0 aliphatic heterocycles. The summed E-state index contributed by atoms with van der Waals surface area (Å²) in [6, 6.07) is 0. The zero-order valence-electron chi connectivity index (χ0n) is 9.23. The molecule has 0 amide bonds. The van der Waals surface area contributed by atoms with E-state index < -0.39 is 0 Å². The van der Waals surface area contributed by atoms with Gasteiger partial charge in [0.1, 0.15) is 5.83 Å².